The van der Waals surface area contributed by atoms with Gasteiger partial charge in [-0.2, -0.15) is 0 Å². The Bertz CT molecular complexity index is 88.9. The predicted octanol–water partition coefficient (Wildman–Crippen LogP) is -0.437. The molecule has 0 aliphatic carbocycles. The fourth-order valence-corrected chi connectivity index (χ4v) is 1.25. The second kappa shape index (κ2) is 3.91. The van der Waals surface area contributed by atoms with Crippen LogP contribution < -0.4 is 11.1 Å². The molecule has 1 atom stereocenters. The Morgan fingerprint density at radius 3 is 2.60 bits per heavy atom. The van der Waals surface area contributed by atoms with Gasteiger partial charge in [0.1, 0.15) is 0 Å². The molecule has 59 valence electrons. The minimum Gasteiger partial charge on any atom is -0.314 e. The third kappa shape index (κ3) is 1.94. The van der Waals surface area contributed by atoms with Crippen LogP contribution in [0.1, 0.15) is 6.92 Å². The van der Waals surface area contributed by atoms with Gasteiger partial charge in [0.2, 0.25) is 0 Å². The number of hydrogen-bond donors (Lipinski definition) is 1. The molecule has 0 saturated carbocycles. The second-order valence-electron chi connectivity index (χ2n) is 2.84. The molecule has 3 heteroatoms. The molecule has 2 N–H and O–H groups in total. The van der Waals surface area contributed by atoms with Crippen molar-refractivity contribution in [3.8, 4) is 0 Å². The molecule has 0 bridgehead atoms. The molecule has 10 heavy (non-hydrogen) atoms. The zero-order chi connectivity index (χ0) is 7.40. The summed E-state index contributed by atoms with van der Waals surface area (Å²) in [5, 5.41) is 3.29. The van der Waals surface area contributed by atoms with Gasteiger partial charge in [-0.3, -0.25) is 10.6 Å². The summed E-state index contributed by atoms with van der Waals surface area (Å²) in [7, 11) is 0. The van der Waals surface area contributed by atoms with Gasteiger partial charge >= 0.3 is 0 Å². The molecular weight excluding hydrogens is 126 g/mol. The SMILES string of the molecule is CC(C[NH])N1CCNCC1. The predicted molar refractivity (Wildman–Crippen MR) is 41.9 cm³/mol. The van der Waals surface area contributed by atoms with Gasteiger partial charge < -0.3 is 5.32 Å². The fourth-order valence-electron chi connectivity index (χ4n) is 1.25. The molecule has 0 amide bonds. The first-order valence-corrected chi connectivity index (χ1v) is 3.94. The number of piperazine rings is 1. The second-order valence-corrected chi connectivity index (χ2v) is 2.84. The summed E-state index contributed by atoms with van der Waals surface area (Å²) in [6, 6.07) is 0.446. The van der Waals surface area contributed by atoms with Gasteiger partial charge in [0.05, 0.1) is 0 Å². The van der Waals surface area contributed by atoms with E-state index in [0.717, 1.165) is 26.2 Å². The van der Waals surface area contributed by atoms with Crippen LogP contribution in [0.4, 0.5) is 0 Å². The van der Waals surface area contributed by atoms with E-state index in [0.29, 0.717) is 12.6 Å². The van der Waals surface area contributed by atoms with E-state index in [1.807, 2.05) is 0 Å². The molecule has 1 rings (SSSR count). The Labute approximate surface area is 62.6 Å². The third-order valence-electron chi connectivity index (χ3n) is 2.07. The van der Waals surface area contributed by atoms with Crippen molar-refractivity contribution in [2.45, 2.75) is 13.0 Å². The fraction of sp³-hybridized carbons (Fsp3) is 1.00. The van der Waals surface area contributed by atoms with E-state index in [1.165, 1.54) is 0 Å². The van der Waals surface area contributed by atoms with Crippen molar-refractivity contribution in [2.75, 3.05) is 32.7 Å². The van der Waals surface area contributed by atoms with Crippen molar-refractivity contribution in [1.82, 2.24) is 16.0 Å². The third-order valence-corrected chi connectivity index (χ3v) is 2.07. The number of hydrogen-bond acceptors (Lipinski definition) is 2. The summed E-state index contributed by atoms with van der Waals surface area (Å²) in [5.41, 5.74) is 7.18. The van der Waals surface area contributed by atoms with E-state index in [-0.39, 0.29) is 0 Å². The molecular formula is C7H16N3. The lowest BCUT2D eigenvalue weighted by Gasteiger charge is -2.31. The maximum absolute atomic E-state index is 7.18. The van der Waals surface area contributed by atoms with E-state index in [4.69, 9.17) is 5.73 Å². The molecule has 0 spiro atoms. The van der Waals surface area contributed by atoms with Crippen LogP contribution in [-0.2, 0) is 0 Å². The minimum absolute atomic E-state index is 0.446. The number of rotatable bonds is 2. The van der Waals surface area contributed by atoms with Crippen LogP contribution >= 0.6 is 0 Å². The zero-order valence-corrected chi connectivity index (χ0v) is 6.56. The van der Waals surface area contributed by atoms with Crippen molar-refractivity contribution in [3.63, 3.8) is 0 Å². The summed E-state index contributed by atoms with van der Waals surface area (Å²) in [4.78, 5) is 2.36. The molecule has 0 aromatic heterocycles. The van der Waals surface area contributed by atoms with Crippen LogP contribution in [0.25, 0.3) is 0 Å². The smallest absolute Gasteiger partial charge is 0.0253 e. The molecule has 1 fully saturated rings. The number of nitrogens with zero attached hydrogens (tertiary/aromatic N) is 1. The normalized spacial score (nSPS) is 24.6. The Balaban J connectivity index is 2.24. The van der Waals surface area contributed by atoms with Gasteiger partial charge in [-0.25, -0.2) is 0 Å². The molecule has 1 unspecified atom stereocenters. The van der Waals surface area contributed by atoms with Crippen LogP contribution in [0.2, 0.25) is 0 Å². The van der Waals surface area contributed by atoms with Crippen molar-refractivity contribution >= 4 is 0 Å². The van der Waals surface area contributed by atoms with Gasteiger partial charge in [-0.15, -0.1) is 0 Å². The average Bonchev–Trinajstić information content (AvgIpc) is 2.05. The Morgan fingerprint density at radius 1 is 1.50 bits per heavy atom. The molecule has 1 aliphatic heterocycles. The van der Waals surface area contributed by atoms with Gasteiger partial charge in [0, 0.05) is 38.8 Å². The molecule has 3 nitrogen and oxygen atoms in total. The molecule has 1 aliphatic rings. The standard InChI is InChI=1S/C7H16N3/c1-7(6-8)10-4-2-9-3-5-10/h7-9H,2-6H2,1H3. The van der Waals surface area contributed by atoms with Crippen LogP contribution in [0.15, 0.2) is 0 Å². The van der Waals surface area contributed by atoms with Crippen molar-refractivity contribution in [3.05, 3.63) is 0 Å². The summed E-state index contributed by atoms with van der Waals surface area (Å²) >= 11 is 0. The average molecular weight is 142 g/mol. The highest BCUT2D eigenvalue weighted by Crippen LogP contribution is 1.98. The summed E-state index contributed by atoms with van der Waals surface area (Å²) in [6.07, 6.45) is 0. The lowest BCUT2D eigenvalue weighted by Crippen LogP contribution is -2.48. The van der Waals surface area contributed by atoms with Crippen LogP contribution in [0.5, 0.6) is 0 Å². The minimum atomic E-state index is 0.446. The molecule has 0 aromatic rings. The molecule has 0 aromatic carbocycles. The van der Waals surface area contributed by atoms with E-state index >= 15 is 0 Å². The van der Waals surface area contributed by atoms with Gasteiger partial charge in [0.25, 0.3) is 0 Å². The van der Waals surface area contributed by atoms with Crippen molar-refractivity contribution in [2.24, 2.45) is 0 Å². The van der Waals surface area contributed by atoms with E-state index in [1.54, 1.807) is 0 Å². The lowest BCUT2D eigenvalue weighted by molar-refractivity contribution is 0.187. The Hall–Kier alpha value is -0.120. The first-order valence-electron chi connectivity index (χ1n) is 3.94. The molecule has 1 saturated heterocycles. The summed E-state index contributed by atoms with van der Waals surface area (Å²) < 4.78 is 0. The summed E-state index contributed by atoms with van der Waals surface area (Å²) in [5.74, 6) is 0. The molecule has 1 radical (unpaired) electrons. The Kier molecular flexibility index (Phi) is 3.12. The zero-order valence-electron chi connectivity index (χ0n) is 6.56. The maximum atomic E-state index is 7.18. The van der Waals surface area contributed by atoms with Gasteiger partial charge in [-0.05, 0) is 6.92 Å². The van der Waals surface area contributed by atoms with E-state index in [2.05, 4.69) is 17.1 Å². The van der Waals surface area contributed by atoms with Crippen LogP contribution in [-0.4, -0.2) is 43.7 Å². The van der Waals surface area contributed by atoms with Crippen LogP contribution in [0.3, 0.4) is 0 Å². The van der Waals surface area contributed by atoms with Gasteiger partial charge in [0.15, 0.2) is 0 Å². The highest BCUT2D eigenvalue weighted by atomic mass is 15.2. The topological polar surface area (TPSA) is 39.1 Å². The van der Waals surface area contributed by atoms with Crippen molar-refractivity contribution < 1.29 is 0 Å². The maximum Gasteiger partial charge on any atom is 0.0253 e. The first-order chi connectivity index (χ1) is 4.84. The monoisotopic (exact) mass is 142 g/mol. The van der Waals surface area contributed by atoms with Crippen LogP contribution in [0, 0.1) is 0 Å². The number of nitrogens with one attached hydrogen (secondary N) is 2. The quantitative estimate of drug-likeness (QED) is 0.568. The Morgan fingerprint density at radius 2 is 2.10 bits per heavy atom. The highest BCUT2D eigenvalue weighted by Gasteiger charge is 2.14. The lowest BCUT2D eigenvalue weighted by atomic mass is 10.2. The van der Waals surface area contributed by atoms with Gasteiger partial charge in [-0.1, -0.05) is 0 Å². The largest absolute Gasteiger partial charge is 0.314 e. The van der Waals surface area contributed by atoms with Crippen molar-refractivity contribution in [1.29, 1.82) is 0 Å². The molecule has 1 heterocycles. The highest BCUT2D eigenvalue weighted by molar-refractivity contribution is 4.73. The first kappa shape index (κ1) is 7.98. The summed E-state index contributed by atoms with van der Waals surface area (Å²) in [6.45, 7) is 7.05. The van der Waals surface area contributed by atoms with E-state index < -0.39 is 0 Å². The van der Waals surface area contributed by atoms with E-state index in [9.17, 15) is 0 Å².